The number of nitrogens with zero attached hydrogens (tertiary/aromatic N) is 2. The highest BCUT2D eigenvalue weighted by atomic mass is 16.5. The third kappa shape index (κ3) is 3.17. The SMILES string of the molecule is Cn1nc(C(=O)OCC(=O)c2ccc3c(c2)-c2ccccc2C3)ccc1=O. The monoisotopic (exact) mass is 360 g/mol. The molecule has 0 bridgehead atoms. The van der Waals surface area contributed by atoms with Crippen LogP contribution in [0.15, 0.2) is 59.4 Å². The van der Waals surface area contributed by atoms with Crippen molar-refractivity contribution in [3.63, 3.8) is 0 Å². The van der Waals surface area contributed by atoms with Crippen molar-refractivity contribution < 1.29 is 14.3 Å². The molecule has 1 aliphatic rings. The number of hydrogen-bond acceptors (Lipinski definition) is 5. The highest BCUT2D eigenvalue weighted by Gasteiger charge is 2.20. The molecular weight excluding hydrogens is 344 g/mol. The van der Waals surface area contributed by atoms with Gasteiger partial charge in [-0.15, -0.1) is 0 Å². The minimum Gasteiger partial charge on any atom is -0.453 e. The fraction of sp³-hybridized carbons (Fsp3) is 0.143. The van der Waals surface area contributed by atoms with E-state index in [0.29, 0.717) is 5.56 Å². The van der Waals surface area contributed by atoms with E-state index in [4.69, 9.17) is 4.74 Å². The number of aromatic nitrogens is 2. The number of esters is 1. The number of ketones is 1. The van der Waals surface area contributed by atoms with Gasteiger partial charge in [0.05, 0.1) is 0 Å². The molecule has 6 heteroatoms. The first-order chi connectivity index (χ1) is 13.0. The second-order valence-electron chi connectivity index (χ2n) is 6.39. The van der Waals surface area contributed by atoms with Crippen molar-refractivity contribution in [2.24, 2.45) is 7.05 Å². The number of ether oxygens (including phenoxy) is 1. The molecule has 134 valence electrons. The van der Waals surface area contributed by atoms with Gasteiger partial charge in [-0.05, 0) is 40.8 Å². The Morgan fingerprint density at radius 3 is 2.63 bits per heavy atom. The van der Waals surface area contributed by atoms with Crippen LogP contribution in [0.3, 0.4) is 0 Å². The number of fused-ring (bicyclic) bond motifs is 3. The zero-order valence-electron chi connectivity index (χ0n) is 14.6. The van der Waals surface area contributed by atoms with Crippen LogP contribution in [-0.4, -0.2) is 28.1 Å². The van der Waals surface area contributed by atoms with Crippen LogP contribution in [0, 0.1) is 0 Å². The van der Waals surface area contributed by atoms with Crippen molar-refractivity contribution in [1.82, 2.24) is 9.78 Å². The van der Waals surface area contributed by atoms with E-state index in [1.165, 1.54) is 30.3 Å². The van der Waals surface area contributed by atoms with E-state index < -0.39 is 5.97 Å². The van der Waals surface area contributed by atoms with E-state index >= 15 is 0 Å². The molecule has 2 aromatic carbocycles. The third-order valence-electron chi connectivity index (χ3n) is 4.62. The molecule has 0 fully saturated rings. The van der Waals surface area contributed by atoms with Gasteiger partial charge >= 0.3 is 5.97 Å². The van der Waals surface area contributed by atoms with Gasteiger partial charge in [0.2, 0.25) is 0 Å². The van der Waals surface area contributed by atoms with Crippen LogP contribution in [-0.2, 0) is 18.2 Å². The van der Waals surface area contributed by atoms with Crippen molar-refractivity contribution >= 4 is 11.8 Å². The minimum atomic E-state index is -0.745. The molecule has 1 heterocycles. The van der Waals surface area contributed by atoms with Crippen molar-refractivity contribution in [2.45, 2.75) is 6.42 Å². The molecule has 0 spiro atoms. The van der Waals surface area contributed by atoms with Gasteiger partial charge in [0.1, 0.15) is 0 Å². The molecule has 0 aliphatic heterocycles. The summed E-state index contributed by atoms with van der Waals surface area (Å²) in [6, 6.07) is 16.2. The molecule has 6 nitrogen and oxygen atoms in total. The lowest BCUT2D eigenvalue weighted by atomic mass is 10.0. The molecule has 3 aromatic rings. The lowest BCUT2D eigenvalue weighted by Gasteiger charge is -2.07. The van der Waals surface area contributed by atoms with Crippen LogP contribution in [0.2, 0.25) is 0 Å². The van der Waals surface area contributed by atoms with Crippen LogP contribution in [0.4, 0.5) is 0 Å². The first-order valence-electron chi connectivity index (χ1n) is 8.49. The Hall–Kier alpha value is -3.54. The Bertz CT molecular complexity index is 1130. The molecule has 27 heavy (non-hydrogen) atoms. The second kappa shape index (κ2) is 6.64. The largest absolute Gasteiger partial charge is 0.453 e. The van der Waals surface area contributed by atoms with Crippen LogP contribution in [0.25, 0.3) is 11.1 Å². The second-order valence-corrected chi connectivity index (χ2v) is 6.39. The average Bonchev–Trinajstić information content (AvgIpc) is 3.05. The van der Waals surface area contributed by atoms with Gasteiger partial charge in [0.15, 0.2) is 18.1 Å². The van der Waals surface area contributed by atoms with E-state index in [0.717, 1.165) is 22.2 Å². The maximum Gasteiger partial charge on any atom is 0.359 e. The Morgan fingerprint density at radius 1 is 1.04 bits per heavy atom. The fourth-order valence-corrected chi connectivity index (χ4v) is 3.20. The van der Waals surface area contributed by atoms with Gasteiger partial charge < -0.3 is 4.74 Å². The maximum absolute atomic E-state index is 12.5. The average molecular weight is 360 g/mol. The van der Waals surface area contributed by atoms with Crippen LogP contribution in [0.1, 0.15) is 32.0 Å². The molecule has 0 saturated carbocycles. The Labute approximate surface area is 155 Å². The topological polar surface area (TPSA) is 78.3 Å². The number of Topliss-reactive ketones (excluding diaryl/α,β-unsaturated/α-hetero) is 1. The fourth-order valence-electron chi connectivity index (χ4n) is 3.20. The van der Waals surface area contributed by atoms with E-state index in [2.05, 4.69) is 11.2 Å². The van der Waals surface area contributed by atoms with Gasteiger partial charge in [0.25, 0.3) is 5.56 Å². The zero-order valence-corrected chi connectivity index (χ0v) is 14.6. The normalized spacial score (nSPS) is 11.6. The summed E-state index contributed by atoms with van der Waals surface area (Å²) in [6.07, 6.45) is 0.855. The standard InChI is InChI=1S/C21H16N2O4/c1-23-20(25)9-8-18(22-23)21(26)27-12-19(24)15-7-6-14-10-13-4-2-3-5-16(13)17(14)11-15/h2-9,11H,10,12H2,1H3. The molecule has 0 atom stereocenters. The molecular formula is C21H16N2O4. The first kappa shape index (κ1) is 16.9. The van der Waals surface area contributed by atoms with Gasteiger partial charge in [-0.25, -0.2) is 9.48 Å². The molecule has 1 aliphatic carbocycles. The molecule has 0 amide bonds. The van der Waals surface area contributed by atoms with Crippen LogP contribution >= 0.6 is 0 Å². The quantitative estimate of drug-likeness (QED) is 0.412. The zero-order chi connectivity index (χ0) is 19.0. The molecule has 4 rings (SSSR count). The number of rotatable bonds is 4. The summed E-state index contributed by atoms with van der Waals surface area (Å²) in [6.45, 7) is -0.385. The van der Waals surface area contributed by atoms with Crippen molar-refractivity contribution in [2.75, 3.05) is 6.61 Å². The summed E-state index contributed by atoms with van der Waals surface area (Å²) in [5.74, 6) is -1.04. The maximum atomic E-state index is 12.5. The molecule has 1 aromatic heterocycles. The van der Waals surface area contributed by atoms with Gasteiger partial charge in [-0.2, -0.15) is 5.10 Å². The lowest BCUT2D eigenvalue weighted by molar-refractivity contribution is 0.0466. The smallest absolute Gasteiger partial charge is 0.359 e. The summed E-state index contributed by atoms with van der Waals surface area (Å²) >= 11 is 0. The minimum absolute atomic E-state index is 0.0206. The molecule has 0 unspecified atom stereocenters. The number of aryl methyl sites for hydroxylation is 1. The summed E-state index contributed by atoms with van der Waals surface area (Å²) in [4.78, 5) is 35.8. The van der Waals surface area contributed by atoms with Crippen LogP contribution in [0.5, 0.6) is 0 Å². The summed E-state index contributed by atoms with van der Waals surface area (Å²) in [7, 11) is 1.44. The van der Waals surface area contributed by atoms with E-state index in [1.807, 2.05) is 30.3 Å². The molecule has 0 saturated heterocycles. The van der Waals surface area contributed by atoms with Gasteiger partial charge in [-0.3, -0.25) is 9.59 Å². The molecule has 0 radical (unpaired) electrons. The Kier molecular flexibility index (Phi) is 4.16. The van der Waals surface area contributed by atoms with Crippen molar-refractivity contribution in [1.29, 1.82) is 0 Å². The Morgan fingerprint density at radius 2 is 1.81 bits per heavy atom. The number of benzene rings is 2. The number of carbonyl (C=O) groups excluding carboxylic acids is 2. The lowest BCUT2D eigenvalue weighted by Crippen LogP contribution is -2.23. The van der Waals surface area contributed by atoms with Crippen molar-refractivity contribution in [3.8, 4) is 11.1 Å². The summed E-state index contributed by atoms with van der Waals surface area (Å²) in [5.41, 5.74) is 4.74. The number of carbonyl (C=O) groups is 2. The van der Waals surface area contributed by atoms with E-state index in [9.17, 15) is 14.4 Å². The highest BCUT2D eigenvalue weighted by molar-refractivity contribution is 6.00. The summed E-state index contributed by atoms with van der Waals surface area (Å²) in [5, 5.41) is 3.81. The molecule has 0 N–H and O–H groups in total. The predicted molar refractivity (Wildman–Crippen MR) is 98.8 cm³/mol. The predicted octanol–water partition coefficient (Wildman–Crippen LogP) is 2.39. The van der Waals surface area contributed by atoms with E-state index in [1.54, 1.807) is 6.07 Å². The van der Waals surface area contributed by atoms with Crippen molar-refractivity contribution in [3.05, 3.63) is 87.3 Å². The van der Waals surface area contributed by atoms with Crippen LogP contribution < -0.4 is 5.56 Å². The highest BCUT2D eigenvalue weighted by Crippen LogP contribution is 2.36. The third-order valence-corrected chi connectivity index (χ3v) is 4.62. The Balaban J connectivity index is 1.49. The van der Waals surface area contributed by atoms with E-state index in [-0.39, 0.29) is 23.6 Å². The summed E-state index contributed by atoms with van der Waals surface area (Å²) < 4.78 is 6.10. The number of hydrogen-bond donors (Lipinski definition) is 0. The van der Waals surface area contributed by atoms with Gasteiger partial charge in [0, 0.05) is 18.7 Å². The van der Waals surface area contributed by atoms with Gasteiger partial charge in [-0.1, -0.05) is 36.4 Å². The first-order valence-corrected chi connectivity index (χ1v) is 8.49.